The molecule has 0 spiro atoms. The van der Waals surface area contributed by atoms with Crippen LogP contribution >= 0.6 is 0 Å². The molecule has 2 rings (SSSR count). The first-order valence-corrected chi connectivity index (χ1v) is 6.72. The van der Waals surface area contributed by atoms with Gasteiger partial charge in [-0.3, -0.25) is 0 Å². The number of nitrogens with zero attached hydrogens (tertiary/aromatic N) is 2. The molecule has 1 aliphatic rings. The average Bonchev–Trinajstić information content (AvgIpc) is 2.64. The van der Waals surface area contributed by atoms with E-state index in [1.165, 1.54) is 18.9 Å². The van der Waals surface area contributed by atoms with Gasteiger partial charge in [0.1, 0.15) is 5.60 Å². The molecule has 104 valence electrons. The lowest BCUT2D eigenvalue weighted by molar-refractivity contribution is -0.0354. The smallest absolute Gasteiger partial charge is 0.354 e. The highest BCUT2D eigenvalue weighted by Crippen LogP contribution is 2.37. The molecular formula is C14H20N2O3. The third kappa shape index (κ3) is 2.92. The summed E-state index contributed by atoms with van der Waals surface area (Å²) in [6.07, 6.45) is 6.20. The summed E-state index contributed by atoms with van der Waals surface area (Å²) in [5.41, 5.74) is 0.193. The van der Waals surface area contributed by atoms with Crippen molar-refractivity contribution in [1.29, 1.82) is 0 Å². The third-order valence-electron chi connectivity index (χ3n) is 3.78. The molecule has 1 heterocycles. The number of aryl methyl sites for hydroxylation is 1. The van der Waals surface area contributed by atoms with Crippen LogP contribution in [0.4, 0.5) is 0 Å². The van der Waals surface area contributed by atoms with Crippen LogP contribution in [0.15, 0.2) is 6.07 Å². The fourth-order valence-corrected chi connectivity index (χ4v) is 2.70. The maximum absolute atomic E-state index is 11.1. The van der Waals surface area contributed by atoms with Crippen molar-refractivity contribution in [1.82, 2.24) is 9.97 Å². The lowest BCUT2D eigenvalue weighted by atomic mass is 9.93. The lowest BCUT2D eigenvalue weighted by Gasteiger charge is -2.30. The van der Waals surface area contributed by atoms with Gasteiger partial charge in [-0.15, -0.1) is 0 Å². The Kier molecular flexibility index (Phi) is 4.14. The van der Waals surface area contributed by atoms with Gasteiger partial charge in [-0.2, -0.15) is 0 Å². The van der Waals surface area contributed by atoms with E-state index in [2.05, 4.69) is 9.97 Å². The first-order chi connectivity index (χ1) is 9.07. The first kappa shape index (κ1) is 13.9. The molecule has 0 saturated heterocycles. The van der Waals surface area contributed by atoms with Crippen LogP contribution in [0.25, 0.3) is 0 Å². The SMILES string of the molecule is COC1(c2nc(C)cc(C(=O)O)n2)CCCCCC1. The Hall–Kier alpha value is -1.49. The number of carbonyl (C=O) groups is 1. The Morgan fingerprint density at radius 2 is 1.89 bits per heavy atom. The molecule has 1 saturated carbocycles. The summed E-state index contributed by atoms with van der Waals surface area (Å²) in [5.74, 6) is -0.499. The van der Waals surface area contributed by atoms with Gasteiger partial charge in [0.2, 0.25) is 0 Å². The molecule has 0 unspecified atom stereocenters. The van der Waals surface area contributed by atoms with E-state index < -0.39 is 11.6 Å². The fourth-order valence-electron chi connectivity index (χ4n) is 2.70. The minimum Gasteiger partial charge on any atom is -0.477 e. The number of carboxylic acids is 1. The Morgan fingerprint density at radius 3 is 2.42 bits per heavy atom. The van der Waals surface area contributed by atoms with Gasteiger partial charge in [-0.05, 0) is 25.8 Å². The predicted octanol–water partition coefficient (Wildman–Crippen LogP) is 2.68. The van der Waals surface area contributed by atoms with Crippen LogP contribution < -0.4 is 0 Å². The van der Waals surface area contributed by atoms with Gasteiger partial charge in [0, 0.05) is 12.8 Å². The zero-order chi connectivity index (χ0) is 13.9. The molecule has 0 radical (unpaired) electrons. The molecule has 0 aromatic carbocycles. The van der Waals surface area contributed by atoms with Gasteiger partial charge in [0.15, 0.2) is 11.5 Å². The molecule has 1 aromatic rings. The molecule has 0 atom stereocenters. The number of aromatic carboxylic acids is 1. The maximum atomic E-state index is 11.1. The van der Waals surface area contributed by atoms with E-state index in [0.29, 0.717) is 11.5 Å². The molecule has 1 N–H and O–H groups in total. The first-order valence-electron chi connectivity index (χ1n) is 6.72. The normalized spacial score (nSPS) is 18.8. The summed E-state index contributed by atoms with van der Waals surface area (Å²) in [4.78, 5) is 19.7. The lowest BCUT2D eigenvalue weighted by Crippen LogP contribution is -2.31. The summed E-state index contributed by atoms with van der Waals surface area (Å²) in [5, 5.41) is 9.11. The third-order valence-corrected chi connectivity index (χ3v) is 3.78. The van der Waals surface area contributed by atoms with Crippen molar-refractivity contribution in [3.8, 4) is 0 Å². The van der Waals surface area contributed by atoms with Crippen molar-refractivity contribution < 1.29 is 14.6 Å². The molecule has 0 bridgehead atoms. The highest BCUT2D eigenvalue weighted by Gasteiger charge is 2.36. The molecule has 0 amide bonds. The van der Waals surface area contributed by atoms with Crippen molar-refractivity contribution in [2.24, 2.45) is 0 Å². The van der Waals surface area contributed by atoms with E-state index in [4.69, 9.17) is 9.84 Å². The number of ether oxygens (including phenoxy) is 1. The number of carboxylic acid groups (broad SMARTS) is 1. The van der Waals surface area contributed by atoms with Gasteiger partial charge in [-0.25, -0.2) is 14.8 Å². The minimum atomic E-state index is -1.02. The second-order valence-corrected chi connectivity index (χ2v) is 5.14. The quantitative estimate of drug-likeness (QED) is 0.850. The van der Waals surface area contributed by atoms with E-state index >= 15 is 0 Å². The van der Waals surface area contributed by atoms with E-state index in [1.807, 2.05) is 0 Å². The van der Waals surface area contributed by atoms with Crippen LogP contribution in [-0.4, -0.2) is 28.2 Å². The van der Waals surface area contributed by atoms with Crippen LogP contribution in [0.1, 0.15) is 60.5 Å². The van der Waals surface area contributed by atoms with E-state index in [-0.39, 0.29) is 5.69 Å². The Balaban J connectivity index is 2.44. The molecule has 1 fully saturated rings. The molecule has 19 heavy (non-hydrogen) atoms. The van der Waals surface area contributed by atoms with E-state index in [9.17, 15) is 4.79 Å². The zero-order valence-corrected chi connectivity index (χ0v) is 11.5. The zero-order valence-electron chi connectivity index (χ0n) is 11.5. The molecule has 1 aromatic heterocycles. The average molecular weight is 264 g/mol. The van der Waals surface area contributed by atoms with Crippen LogP contribution in [0, 0.1) is 6.92 Å². The number of hydrogen-bond acceptors (Lipinski definition) is 4. The summed E-state index contributed by atoms with van der Waals surface area (Å²) < 4.78 is 5.72. The summed E-state index contributed by atoms with van der Waals surface area (Å²) >= 11 is 0. The number of aromatic nitrogens is 2. The van der Waals surface area contributed by atoms with Crippen LogP contribution in [0.2, 0.25) is 0 Å². The summed E-state index contributed by atoms with van der Waals surface area (Å²) in [6, 6.07) is 1.49. The number of hydrogen-bond donors (Lipinski definition) is 1. The Morgan fingerprint density at radius 1 is 1.26 bits per heavy atom. The number of rotatable bonds is 3. The van der Waals surface area contributed by atoms with Crippen molar-refractivity contribution >= 4 is 5.97 Å². The highest BCUT2D eigenvalue weighted by atomic mass is 16.5. The van der Waals surface area contributed by atoms with Crippen molar-refractivity contribution in [3.63, 3.8) is 0 Å². The molecule has 1 aliphatic carbocycles. The molecular weight excluding hydrogens is 244 g/mol. The Bertz CT molecular complexity index is 466. The second kappa shape index (κ2) is 5.65. The fraction of sp³-hybridized carbons (Fsp3) is 0.643. The maximum Gasteiger partial charge on any atom is 0.354 e. The summed E-state index contributed by atoms with van der Waals surface area (Å²) in [6.45, 7) is 1.79. The second-order valence-electron chi connectivity index (χ2n) is 5.14. The monoisotopic (exact) mass is 264 g/mol. The van der Waals surface area contributed by atoms with Gasteiger partial charge in [0.25, 0.3) is 0 Å². The standard InChI is InChI=1S/C14H20N2O3/c1-10-9-11(12(17)18)16-13(15-10)14(19-2)7-5-3-4-6-8-14/h9H,3-8H2,1-2H3,(H,17,18). The van der Waals surface area contributed by atoms with Crippen LogP contribution in [-0.2, 0) is 10.3 Å². The molecule has 0 aliphatic heterocycles. The van der Waals surface area contributed by atoms with Crippen molar-refractivity contribution in [2.75, 3.05) is 7.11 Å². The van der Waals surface area contributed by atoms with Crippen LogP contribution in [0.5, 0.6) is 0 Å². The summed E-state index contributed by atoms with van der Waals surface area (Å²) in [7, 11) is 1.66. The molecule has 5 nitrogen and oxygen atoms in total. The van der Waals surface area contributed by atoms with Gasteiger partial charge >= 0.3 is 5.97 Å². The van der Waals surface area contributed by atoms with Crippen molar-refractivity contribution in [2.45, 2.75) is 51.0 Å². The van der Waals surface area contributed by atoms with Gasteiger partial charge in [0.05, 0.1) is 0 Å². The van der Waals surface area contributed by atoms with E-state index in [0.717, 1.165) is 25.7 Å². The van der Waals surface area contributed by atoms with Gasteiger partial charge in [-0.1, -0.05) is 25.7 Å². The van der Waals surface area contributed by atoms with E-state index in [1.54, 1.807) is 14.0 Å². The van der Waals surface area contributed by atoms with Gasteiger partial charge < -0.3 is 9.84 Å². The number of methoxy groups -OCH3 is 1. The topological polar surface area (TPSA) is 72.3 Å². The highest BCUT2D eigenvalue weighted by molar-refractivity contribution is 5.85. The van der Waals surface area contributed by atoms with Crippen LogP contribution in [0.3, 0.4) is 0 Å². The Labute approximate surface area is 113 Å². The van der Waals surface area contributed by atoms with Crippen molar-refractivity contribution in [3.05, 3.63) is 23.3 Å². The molecule has 5 heteroatoms. The largest absolute Gasteiger partial charge is 0.477 e. The minimum absolute atomic E-state index is 0.0446. The predicted molar refractivity (Wildman–Crippen MR) is 70.1 cm³/mol.